The molecule has 0 saturated carbocycles. The van der Waals surface area contributed by atoms with Crippen LogP contribution < -0.4 is 9.64 Å². The molecule has 11 nitrogen and oxygen atoms in total. The number of aromatic nitrogens is 2. The molecule has 0 N–H and O–H groups in total. The van der Waals surface area contributed by atoms with Crippen molar-refractivity contribution in [1.29, 1.82) is 0 Å². The van der Waals surface area contributed by atoms with Crippen molar-refractivity contribution in [3.8, 4) is 28.6 Å². The number of anilines is 1. The van der Waals surface area contributed by atoms with Gasteiger partial charge in [0.05, 0.1) is 12.0 Å². The summed E-state index contributed by atoms with van der Waals surface area (Å²) >= 11 is 0. The van der Waals surface area contributed by atoms with Crippen molar-refractivity contribution in [2.75, 3.05) is 38.2 Å². The van der Waals surface area contributed by atoms with Gasteiger partial charge in [-0.3, -0.25) is 10.1 Å². The summed E-state index contributed by atoms with van der Waals surface area (Å²) in [5.41, 5.74) is 0.955. The molecule has 1 amide bonds. The standard InChI is InChI=1S/C24H27N5O6/c1-24(2,3)34-23(30)28-12-10-27(11-13-28)19-9-8-17(15-20(19)29(31)32)22-25-21(26-35-22)16-6-5-7-18(14-16)33-4/h5-9,14-15H,10-13H2,1-4H3. The number of ether oxygens (including phenoxy) is 2. The van der Waals surface area contributed by atoms with Gasteiger partial charge in [-0.2, -0.15) is 4.98 Å². The van der Waals surface area contributed by atoms with E-state index in [9.17, 15) is 14.9 Å². The minimum Gasteiger partial charge on any atom is -0.497 e. The minimum absolute atomic E-state index is 0.0747. The van der Waals surface area contributed by atoms with Crippen molar-refractivity contribution >= 4 is 17.5 Å². The summed E-state index contributed by atoms with van der Waals surface area (Å²) in [7, 11) is 1.57. The first kappa shape index (κ1) is 24.0. The van der Waals surface area contributed by atoms with E-state index in [1.165, 1.54) is 6.07 Å². The summed E-state index contributed by atoms with van der Waals surface area (Å²) in [5, 5.41) is 15.9. The van der Waals surface area contributed by atoms with Gasteiger partial charge in [0.1, 0.15) is 17.0 Å². The molecule has 1 aliphatic heterocycles. The maximum Gasteiger partial charge on any atom is 0.410 e. The molecule has 0 spiro atoms. The van der Waals surface area contributed by atoms with Crippen LogP contribution in [0.1, 0.15) is 20.8 Å². The lowest BCUT2D eigenvalue weighted by Crippen LogP contribution is -2.50. The van der Waals surface area contributed by atoms with Crippen LogP contribution in [0.3, 0.4) is 0 Å². The topological polar surface area (TPSA) is 124 Å². The lowest BCUT2D eigenvalue weighted by molar-refractivity contribution is -0.384. The van der Waals surface area contributed by atoms with Crippen molar-refractivity contribution in [3.05, 3.63) is 52.6 Å². The van der Waals surface area contributed by atoms with Gasteiger partial charge < -0.3 is 23.8 Å². The Hall–Kier alpha value is -4.15. The number of hydrogen-bond donors (Lipinski definition) is 0. The molecule has 35 heavy (non-hydrogen) atoms. The van der Waals surface area contributed by atoms with Crippen LogP contribution in [0.25, 0.3) is 22.8 Å². The van der Waals surface area contributed by atoms with Crippen LogP contribution in [0.4, 0.5) is 16.2 Å². The van der Waals surface area contributed by atoms with Crippen molar-refractivity contribution in [2.45, 2.75) is 26.4 Å². The van der Waals surface area contributed by atoms with Crippen LogP contribution in [-0.4, -0.2) is 64.9 Å². The van der Waals surface area contributed by atoms with E-state index >= 15 is 0 Å². The highest BCUT2D eigenvalue weighted by Gasteiger charge is 2.29. The van der Waals surface area contributed by atoms with Crippen LogP contribution >= 0.6 is 0 Å². The van der Waals surface area contributed by atoms with Crippen LogP contribution in [-0.2, 0) is 4.74 Å². The SMILES string of the molecule is COc1cccc(-c2noc(-c3ccc(N4CCN(C(=O)OC(C)(C)C)CC4)c([N+](=O)[O-])c3)n2)c1. The third kappa shape index (κ3) is 5.51. The maximum atomic E-state index is 12.3. The van der Waals surface area contributed by atoms with Gasteiger partial charge in [0.2, 0.25) is 5.82 Å². The molecule has 0 unspecified atom stereocenters. The molecule has 1 aliphatic rings. The Labute approximate surface area is 202 Å². The zero-order chi connectivity index (χ0) is 25.2. The van der Waals surface area contributed by atoms with Gasteiger partial charge in [0.15, 0.2) is 0 Å². The van der Waals surface area contributed by atoms with Crippen LogP contribution in [0, 0.1) is 10.1 Å². The Balaban J connectivity index is 1.52. The quantitative estimate of drug-likeness (QED) is 0.386. The molecule has 1 aromatic heterocycles. The molecule has 184 valence electrons. The van der Waals surface area contributed by atoms with Gasteiger partial charge in [-0.15, -0.1) is 0 Å². The monoisotopic (exact) mass is 481 g/mol. The molecular weight excluding hydrogens is 454 g/mol. The Morgan fingerprint density at radius 1 is 1.09 bits per heavy atom. The molecule has 11 heteroatoms. The van der Waals surface area contributed by atoms with Gasteiger partial charge in [-0.1, -0.05) is 17.3 Å². The Kier molecular flexibility index (Phi) is 6.59. The van der Waals surface area contributed by atoms with Gasteiger partial charge in [-0.25, -0.2) is 4.79 Å². The predicted molar refractivity (Wildman–Crippen MR) is 128 cm³/mol. The lowest BCUT2D eigenvalue weighted by Gasteiger charge is -2.36. The fourth-order valence-corrected chi connectivity index (χ4v) is 3.75. The summed E-state index contributed by atoms with van der Waals surface area (Å²) < 4.78 is 16.0. The van der Waals surface area contributed by atoms with Crippen molar-refractivity contribution in [2.24, 2.45) is 0 Å². The molecule has 3 aromatic rings. The van der Waals surface area contributed by atoms with Crippen LogP contribution in [0.15, 0.2) is 47.0 Å². The highest BCUT2D eigenvalue weighted by atomic mass is 16.6. The Bertz CT molecular complexity index is 1230. The zero-order valence-corrected chi connectivity index (χ0v) is 20.1. The average molecular weight is 482 g/mol. The lowest BCUT2D eigenvalue weighted by atomic mass is 10.1. The number of nitro benzene ring substituents is 1. The van der Waals surface area contributed by atoms with Gasteiger partial charge >= 0.3 is 6.09 Å². The largest absolute Gasteiger partial charge is 0.497 e. The van der Waals surface area contributed by atoms with E-state index in [1.54, 1.807) is 36.3 Å². The van der Waals surface area contributed by atoms with Crippen LogP contribution in [0.5, 0.6) is 5.75 Å². The van der Waals surface area contributed by atoms with E-state index in [1.807, 2.05) is 37.8 Å². The number of hydrogen-bond acceptors (Lipinski definition) is 9. The summed E-state index contributed by atoms with van der Waals surface area (Å²) in [6.45, 7) is 7.14. The van der Waals surface area contributed by atoms with E-state index in [4.69, 9.17) is 14.0 Å². The number of nitrogens with zero attached hydrogens (tertiary/aromatic N) is 5. The molecule has 2 aromatic carbocycles. The molecule has 2 heterocycles. The number of carbonyl (C=O) groups is 1. The van der Waals surface area contributed by atoms with E-state index in [2.05, 4.69) is 10.1 Å². The number of piperazine rings is 1. The number of nitro groups is 1. The highest BCUT2D eigenvalue weighted by Crippen LogP contribution is 2.34. The first-order valence-electron chi connectivity index (χ1n) is 11.1. The zero-order valence-electron chi connectivity index (χ0n) is 20.1. The molecule has 4 rings (SSSR count). The second-order valence-electron chi connectivity index (χ2n) is 9.07. The maximum absolute atomic E-state index is 12.3. The van der Waals surface area contributed by atoms with E-state index in [0.717, 1.165) is 0 Å². The summed E-state index contributed by atoms with van der Waals surface area (Å²) in [5.74, 6) is 1.18. The first-order chi connectivity index (χ1) is 16.6. The fourth-order valence-electron chi connectivity index (χ4n) is 3.75. The fraction of sp³-hybridized carbons (Fsp3) is 0.375. The van der Waals surface area contributed by atoms with Crippen molar-refractivity contribution in [1.82, 2.24) is 15.0 Å². The summed E-state index contributed by atoms with van der Waals surface area (Å²) in [4.78, 5) is 31.7. The molecular formula is C24H27N5O6. The number of carbonyl (C=O) groups excluding carboxylic acids is 1. The number of benzene rings is 2. The summed E-state index contributed by atoms with van der Waals surface area (Å²) in [6, 6.07) is 12.0. The van der Waals surface area contributed by atoms with E-state index in [-0.39, 0.29) is 17.7 Å². The van der Waals surface area contributed by atoms with Gasteiger partial charge in [-0.05, 0) is 45.0 Å². The third-order valence-corrected chi connectivity index (χ3v) is 5.45. The third-order valence-electron chi connectivity index (χ3n) is 5.45. The predicted octanol–water partition coefficient (Wildman–Crippen LogP) is 4.38. The number of methoxy groups -OCH3 is 1. The molecule has 0 aliphatic carbocycles. The Morgan fingerprint density at radius 2 is 1.83 bits per heavy atom. The first-order valence-corrected chi connectivity index (χ1v) is 11.1. The average Bonchev–Trinajstić information content (AvgIpc) is 3.33. The number of rotatable bonds is 5. The molecule has 0 atom stereocenters. The normalized spacial score (nSPS) is 14.1. The van der Waals surface area contributed by atoms with Gasteiger partial charge in [0, 0.05) is 43.4 Å². The molecule has 0 radical (unpaired) electrons. The molecule has 0 bridgehead atoms. The number of amides is 1. The van der Waals surface area contributed by atoms with Crippen LogP contribution in [0.2, 0.25) is 0 Å². The second kappa shape index (κ2) is 9.61. The van der Waals surface area contributed by atoms with E-state index in [0.29, 0.717) is 54.6 Å². The minimum atomic E-state index is -0.579. The molecule has 1 saturated heterocycles. The summed E-state index contributed by atoms with van der Waals surface area (Å²) in [6.07, 6.45) is -0.384. The van der Waals surface area contributed by atoms with Crippen molar-refractivity contribution < 1.29 is 23.7 Å². The molecule has 1 fully saturated rings. The Morgan fingerprint density at radius 3 is 2.49 bits per heavy atom. The smallest absolute Gasteiger partial charge is 0.410 e. The van der Waals surface area contributed by atoms with Gasteiger partial charge in [0.25, 0.3) is 11.6 Å². The highest BCUT2D eigenvalue weighted by molar-refractivity contribution is 5.73. The second-order valence-corrected chi connectivity index (χ2v) is 9.07. The van der Waals surface area contributed by atoms with E-state index < -0.39 is 10.5 Å². The van der Waals surface area contributed by atoms with Crippen molar-refractivity contribution in [3.63, 3.8) is 0 Å².